The van der Waals surface area contributed by atoms with E-state index in [1.54, 1.807) is 6.92 Å². The molecule has 1 aliphatic heterocycles. The van der Waals surface area contributed by atoms with Crippen LogP contribution in [0.25, 0.3) is 0 Å². The number of benzene rings is 1. The van der Waals surface area contributed by atoms with Gasteiger partial charge in [-0.2, -0.15) is 4.39 Å². The molecule has 1 aromatic heterocycles. The topological polar surface area (TPSA) is 101 Å². The van der Waals surface area contributed by atoms with E-state index in [1.807, 2.05) is 0 Å². The molecule has 0 fully saturated rings. The summed E-state index contributed by atoms with van der Waals surface area (Å²) in [4.78, 5) is 19.8. The van der Waals surface area contributed by atoms with Gasteiger partial charge in [-0.05, 0) is 31.0 Å². The second-order valence-corrected chi connectivity index (χ2v) is 9.18. The van der Waals surface area contributed by atoms with Crippen molar-refractivity contribution < 1.29 is 22.2 Å². The molecule has 7 nitrogen and oxygen atoms in total. The average molecular weight is 425 g/mol. The fraction of sp³-hybridized carbons (Fsp3) is 0.222. The van der Waals surface area contributed by atoms with Crippen molar-refractivity contribution in [2.45, 2.75) is 12.5 Å². The quantitative estimate of drug-likeness (QED) is 0.579. The number of carbonyl (C=O) groups excluding carboxylic acids is 1. The lowest BCUT2D eigenvalue weighted by Crippen LogP contribution is -2.50. The van der Waals surface area contributed by atoms with Crippen molar-refractivity contribution >= 4 is 33.1 Å². The number of nitrogens with two attached hydrogens (primary N) is 1. The number of hydrogen-bond donors (Lipinski definition) is 2. The molecule has 0 bridgehead atoms. The Morgan fingerprint density at radius 3 is 2.62 bits per heavy atom. The molecule has 3 N–H and O–H groups in total. The van der Waals surface area contributed by atoms with Crippen LogP contribution < -0.4 is 11.1 Å². The molecule has 0 spiro atoms. The van der Waals surface area contributed by atoms with E-state index in [4.69, 9.17) is 5.73 Å². The first-order chi connectivity index (χ1) is 13.4. The Morgan fingerprint density at radius 2 is 2.00 bits per heavy atom. The van der Waals surface area contributed by atoms with Crippen LogP contribution in [0.2, 0.25) is 0 Å². The maximum atomic E-state index is 14.6. The molecule has 11 heteroatoms. The molecule has 0 saturated heterocycles. The molecule has 0 saturated carbocycles. The van der Waals surface area contributed by atoms with Gasteiger partial charge in [-0.1, -0.05) is 0 Å². The van der Waals surface area contributed by atoms with E-state index < -0.39 is 44.3 Å². The molecule has 0 radical (unpaired) electrons. The van der Waals surface area contributed by atoms with Crippen LogP contribution in [0, 0.1) is 17.6 Å². The fourth-order valence-electron chi connectivity index (χ4n) is 2.99. The van der Waals surface area contributed by atoms with Crippen molar-refractivity contribution in [2.24, 2.45) is 10.7 Å². The summed E-state index contributed by atoms with van der Waals surface area (Å²) in [6.07, 6.45) is 0.756. The number of aromatic nitrogens is 1. The summed E-state index contributed by atoms with van der Waals surface area (Å²) in [5.41, 5.74) is 4.20. The number of anilines is 1. The van der Waals surface area contributed by atoms with Gasteiger partial charge in [0.2, 0.25) is 11.9 Å². The maximum Gasteiger partial charge on any atom is 0.260 e. The Hall–Kier alpha value is -3.08. The monoisotopic (exact) mass is 425 g/mol. The number of rotatable bonds is 3. The van der Waals surface area contributed by atoms with Crippen molar-refractivity contribution in [2.75, 3.05) is 18.1 Å². The Labute approximate surface area is 165 Å². The second-order valence-electron chi connectivity index (χ2n) is 6.79. The van der Waals surface area contributed by atoms with Gasteiger partial charge in [0.1, 0.15) is 17.2 Å². The van der Waals surface area contributed by atoms with Crippen molar-refractivity contribution in [3.63, 3.8) is 0 Å². The van der Waals surface area contributed by atoms with Gasteiger partial charge in [0, 0.05) is 30.6 Å². The van der Waals surface area contributed by atoms with Crippen LogP contribution in [0.5, 0.6) is 0 Å². The molecule has 3 rings (SSSR count). The Bertz CT molecular complexity index is 1140. The molecule has 2 aromatic rings. The number of carbonyl (C=O) groups is 1. The number of halogens is 3. The SMILES string of the molecule is C=S1(=O)C[C@@](C)(c2cc(NC(=O)c3cnc(F)cc3F)ccc2F)N=C(N)N1C. The number of pyridine rings is 1. The van der Waals surface area contributed by atoms with Crippen LogP contribution in [0.3, 0.4) is 0 Å². The highest BCUT2D eigenvalue weighted by Crippen LogP contribution is 2.34. The summed E-state index contributed by atoms with van der Waals surface area (Å²) in [7, 11) is -1.36. The zero-order valence-electron chi connectivity index (χ0n) is 15.6. The van der Waals surface area contributed by atoms with Gasteiger partial charge >= 0.3 is 0 Å². The summed E-state index contributed by atoms with van der Waals surface area (Å²) in [5, 5.41) is 2.40. The average Bonchev–Trinajstić information content (AvgIpc) is 2.60. The van der Waals surface area contributed by atoms with E-state index in [0.717, 1.165) is 12.3 Å². The number of amides is 1. The minimum Gasteiger partial charge on any atom is -0.369 e. The highest BCUT2D eigenvalue weighted by atomic mass is 32.2. The second kappa shape index (κ2) is 7.07. The van der Waals surface area contributed by atoms with Crippen molar-refractivity contribution in [1.29, 1.82) is 0 Å². The predicted octanol–water partition coefficient (Wildman–Crippen LogP) is 1.86. The highest BCUT2D eigenvalue weighted by Gasteiger charge is 2.38. The normalized spacial score (nSPS) is 24.2. The molecule has 1 amide bonds. The third-order valence-electron chi connectivity index (χ3n) is 4.56. The number of nitrogens with one attached hydrogen (secondary N) is 1. The van der Waals surface area contributed by atoms with E-state index in [1.165, 1.54) is 23.5 Å². The van der Waals surface area contributed by atoms with Crippen molar-refractivity contribution in [3.05, 3.63) is 59.2 Å². The summed E-state index contributed by atoms with van der Waals surface area (Å²) in [6, 6.07) is 4.12. The van der Waals surface area contributed by atoms with Gasteiger partial charge in [0.05, 0.1) is 21.0 Å². The summed E-state index contributed by atoms with van der Waals surface area (Å²) < 4.78 is 55.3. The standard InChI is InChI=1S/C18H18F3N5O2S/c1-18(9-29(3,28)26(2)17(22)25-18)12-6-10(4-5-13(12)19)24-16(27)11-8-23-15(21)7-14(11)20/h4-8H,3,9H2,1-2H3,(H2,22,25)(H,24,27)/t18-,29?/m0/s1. The highest BCUT2D eigenvalue weighted by molar-refractivity contribution is 7.98. The van der Waals surface area contributed by atoms with Gasteiger partial charge < -0.3 is 11.1 Å². The number of hydrogen-bond acceptors (Lipinski definition) is 5. The third-order valence-corrected chi connectivity index (χ3v) is 6.76. The van der Waals surface area contributed by atoms with Gasteiger partial charge in [-0.3, -0.25) is 9.10 Å². The van der Waals surface area contributed by atoms with Gasteiger partial charge in [-0.25, -0.2) is 23.0 Å². The van der Waals surface area contributed by atoms with Crippen LogP contribution in [-0.2, 0) is 15.2 Å². The summed E-state index contributed by atoms with van der Waals surface area (Å²) in [6.45, 7) is 1.55. The van der Waals surface area contributed by atoms with Crippen LogP contribution in [0.4, 0.5) is 18.9 Å². The lowest BCUT2D eigenvalue weighted by atomic mass is 9.93. The zero-order valence-corrected chi connectivity index (χ0v) is 16.4. The van der Waals surface area contributed by atoms with E-state index in [2.05, 4.69) is 21.2 Å². The smallest absolute Gasteiger partial charge is 0.260 e. The van der Waals surface area contributed by atoms with E-state index in [9.17, 15) is 22.2 Å². The largest absolute Gasteiger partial charge is 0.369 e. The van der Waals surface area contributed by atoms with Gasteiger partial charge in [0.15, 0.2) is 0 Å². The molecule has 0 aliphatic carbocycles. The molecular formula is C18H18F3N5O2S. The van der Waals surface area contributed by atoms with E-state index in [-0.39, 0.29) is 23.0 Å². The van der Waals surface area contributed by atoms with Gasteiger partial charge in [-0.15, -0.1) is 0 Å². The lowest BCUT2D eigenvalue weighted by molar-refractivity contribution is 0.102. The van der Waals surface area contributed by atoms with E-state index in [0.29, 0.717) is 6.07 Å². The number of aliphatic imine (C=N–C) groups is 1. The van der Waals surface area contributed by atoms with Crippen molar-refractivity contribution in [1.82, 2.24) is 9.29 Å². The predicted molar refractivity (Wildman–Crippen MR) is 105 cm³/mol. The Morgan fingerprint density at radius 1 is 1.31 bits per heavy atom. The molecule has 29 heavy (non-hydrogen) atoms. The minimum absolute atomic E-state index is 0.0282. The molecule has 1 aliphatic rings. The van der Waals surface area contributed by atoms with Gasteiger partial charge in [0.25, 0.3) is 5.91 Å². The first-order valence-corrected chi connectivity index (χ1v) is 10.1. The number of guanidine groups is 1. The zero-order chi connectivity index (χ0) is 21.6. The molecule has 154 valence electrons. The van der Waals surface area contributed by atoms with Crippen LogP contribution in [0.15, 0.2) is 35.5 Å². The lowest BCUT2D eigenvalue weighted by Gasteiger charge is -2.37. The first-order valence-electron chi connectivity index (χ1n) is 8.29. The van der Waals surface area contributed by atoms with Crippen LogP contribution in [0.1, 0.15) is 22.8 Å². The first kappa shape index (κ1) is 20.6. The Balaban J connectivity index is 1.98. The molecule has 2 atom stereocenters. The van der Waals surface area contributed by atoms with Crippen LogP contribution in [-0.4, -0.2) is 44.0 Å². The molecule has 1 aromatic carbocycles. The Kier molecular flexibility index (Phi) is 5.03. The molecule has 2 heterocycles. The van der Waals surface area contributed by atoms with E-state index >= 15 is 0 Å². The molecular weight excluding hydrogens is 407 g/mol. The van der Waals surface area contributed by atoms with Crippen molar-refractivity contribution in [3.8, 4) is 0 Å². The third kappa shape index (κ3) is 3.90. The summed E-state index contributed by atoms with van der Waals surface area (Å²) >= 11 is 0. The number of nitrogens with zero attached hydrogens (tertiary/aromatic N) is 3. The fourth-order valence-corrected chi connectivity index (χ4v) is 4.66. The minimum atomic E-state index is -2.84. The molecule has 1 unspecified atom stereocenters. The summed E-state index contributed by atoms with van der Waals surface area (Å²) in [5.74, 6) is -0.219. The van der Waals surface area contributed by atoms with Crippen LogP contribution >= 0.6 is 0 Å². The maximum absolute atomic E-state index is 14.6.